The fraction of sp³-hybridized carbons (Fsp3) is 0.471. The number of likely N-dealkylation sites (tertiary alicyclic amines) is 1. The topological polar surface area (TPSA) is 21.1 Å². The summed E-state index contributed by atoms with van der Waals surface area (Å²) in [4.78, 5) is 6.63. The lowest BCUT2D eigenvalue weighted by Crippen LogP contribution is -2.34. The zero-order chi connectivity index (χ0) is 14.7. The second-order valence-corrected chi connectivity index (χ2v) is 5.94. The molecule has 3 rings (SSSR count). The minimum Gasteiger partial charge on any atom is -0.335 e. The first kappa shape index (κ1) is 14.3. The first-order valence-corrected chi connectivity index (χ1v) is 7.66. The van der Waals surface area contributed by atoms with Crippen LogP contribution in [0, 0.1) is 18.7 Å². The van der Waals surface area contributed by atoms with E-state index in [0.29, 0.717) is 5.92 Å². The molecule has 1 aliphatic rings. The number of hydrogen-bond acceptors (Lipinski definition) is 2. The van der Waals surface area contributed by atoms with E-state index in [1.54, 1.807) is 12.1 Å². The fourth-order valence-corrected chi connectivity index (χ4v) is 3.07. The van der Waals surface area contributed by atoms with E-state index in [1.807, 2.05) is 25.3 Å². The van der Waals surface area contributed by atoms with Gasteiger partial charge in [0.05, 0.1) is 0 Å². The molecule has 1 saturated heterocycles. The molecule has 0 bridgehead atoms. The van der Waals surface area contributed by atoms with Gasteiger partial charge < -0.3 is 4.57 Å². The summed E-state index contributed by atoms with van der Waals surface area (Å²) in [5.41, 5.74) is 0.807. The maximum atomic E-state index is 13.7. The number of aryl methyl sites for hydroxylation is 1. The molecule has 0 amide bonds. The highest BCUT2D eigenvalue weighted by atomic mass is 19.1. The average molecular weight is 287 g/mol. The van der Waals surface area contributed by atoms with Gasteiger partial charge in [0.1, 0.15) is 11.6 Å². The van der Waals surface area contributed by atoms with Gasteiger partial charge in [0, 0.05) is 31.0 Å². The van der Waals surface area contributed by atoms with E-state index in [9.17, 15) is 4.39 Å². The van der Waals surface area contributed by atoms with Crippen LogP contribution in [0.1, 0.15) is 24.2 Å². The molecule has 112 valence electrons. The molecule has 21 heavy (non-hydrogen) atoms. The third-order valence-corrected chi connectivity index (χ3v) is 4.44. The van der Waals surface area contributed by atoms with Gasteiger partial charge in [-0.1, -0.05) is 18.2 Å². The van der Waals surface area contributed by atoms with E-state index in [2.05, 4.69) is 20.6 Å². The van der Waals surface area contributed by atoms with E-state index in [0.717, 1.165) is 37.6 Å². The van der Waals surface area contributed by atoms with Crippen LogP contribution in [0.5, 0.6) is 0 Å². The molecule has 2 aromatic rings. The first-order chi connectivity index (χ1) is 10.2. The van der Waals surface area contributed by atoms with Crippen molar-refractivity contribution in [3.05, 3.63) is 53.9 Å². The first-order valence-electron chi connectivity index (χ1n) is 7.66. The largest absolute Gasteiger partial charge is 0.335 e. The number of rotatable bonds is 4. The Labute approximate surface area is 125 Å². The number of hydrogen-bond donors (Lipinski definition) is 0. The smallest absolute Gasteiger partial charge is 0.127 e. The Morgan fingerprint density at radius 1 is 1.24 bits per heavy atom. The Morgan fingerprint density at radius 2 is 2.00 bits per heavy atom. The van der Waals surface area contributed by atoms with Crippen LogP contribution in [0.3, 0.4) is 0 Å². The summed E-state index contributed by atoms with van der Waals surface area (Å²) in [6.45, 7) is 5.93. The molecule has 1 aromatic heterocycles. The zero-order valence-electron chi connectivity index (χ0n) is 12.5. The van der Waals surface area contributed by atoms with Gasteiger partial charge in [-0.05, 0) is 44.8 Å². The molecule has 0 aliphatic carbocycles. The third-order valence-electron chi connectivity index (χ3n) is 4.44. The van der Waals surface area contributed by atoms with Crippen LogP contribution >= 0.6 is 0 Å². The standard InChI is InChI=1S/C17H22FN3/c1-14-19-8-11-21(14)12-15-6-9-20(10-7-15)13-16-4-2-3-5-17(16)18/h2-5,8,11,15H,6-7,9-10,12-13H2,1H3. The molecule has 0 atom stereocenters. The van der Waals surface area contributed by atoms with E-state index >= 15 is 0 Å². The fourth-order valence-electron chi connectivity index (χ4n) is 3.07. The minimum atomic E-state index is -0.0892. The highest BCUT2D eigenvalue weighted by Gasteiger charge is 2.20. The van der Waals surface area contributed by atoms with Crippen LogP contribution in [0.2, 0.25) is 0 Å². The summed E-state index contributed by atoms with van der Waals surface area (Å²) in [6.07, 6.45) is 6.27. The van der Waals surface area contributed by atoms with Crippen LogP contribution < -0.4 is 0 Å². The monoisotopic (exact) mass is 287 g/mol. The van der Waals surface area contributed by atoms with Crippen molar-refractivity contribution >= 4 is 0 Å². The maximum absolute atomic E-state index is 13.7. The predicted molar refractivity (Wildman–Crippen MR) is 81.4 cm³/mol. The van der Waals surface area contributed by atoms with Gasteiger partial charge in [0.25, 0.3) is 0 Å². The summed E-state index contributed by atoms with van der Waals surface area (Å²) < 4.78 is 15.9. The van der Waals surface area contributed by atoms with Crippen molar-refractivity contribution in [1.29, 1.82) is 0 Å². The molecular weight excluding hydrogens is 265 g/mol. The molecule has 1 aromatic carbocycles. The lowest BCUT2D eigenvalue weighted by molar-refractivity contribution is 0.165. The SMILES string of the molecule is Cc1nccn1CC1CCN(Cc2ccccc2F)CC1. The van der Waals surface area contributed by atoms with Crippen molar-refractivity contribution in [2.45, 2.75) is 32.9 Å². The molecule has 0 N–H and O–H groups in total. The van der Waals surface area contributed by atoms with Crippen molar-refractivity contribution in [2.75, 3.05) is 13.1 Å². The number of halogens is 1. The summed E-state index contributed by atoms with van der Waals surface area (Å²) in [5, 5.41) is 0. The van der Waals surface area contributed by atoms with Crippen molar-refractivity contribution in [3.8, 4) is 0 Å². The second kappa shape index (κ2) is 6.39. The summed E-state index contributed by atoms with van der Waals surface area (Å²) in [6, 6.07) is 7.09. The lowest BCUT2D eigenvalue weighted by Gasteiger charge is -2.32. The zero-order valence-corrected chi connectivity index (χ0v) is 12.5. The van der Waals surface area contributed by atoms with E-state index in [4.69, 9.17) is 0 Å². The van der Waals surface area contributed by atoms with Crippen molar-refractivity contribution < 1.29 is 4.39 Å². The minimum absolute atomic E-state index is 0.0892. The number of nitrogens with zero attached hydrogens (tertiary/aromatic N) is 3. The maximum Gasteiger partial charge on any atom is 0.127 e. The van der Waals surface area contributed by atoms with Crippen LogP contribution in [0.25, 0.3) is 0 Å². The number of piperidine rings is 1. The third kappa shape index (κ3) is 3.50. The molecular formula is C17H22FN3. The molecule has 0 unspecified atom stereocenters. The van der Waals surface area contributed by atoms with E-state index in [-0.39, 0.29) is 5.82 Å². The van der Waals surface area contributed by atoms with Crippen LogP contribution in [-0.4, -0.2) is 27.5 Å². The van der Waals surface area contributed by atoms with Gasteiger partial charge in [-0.15, -0.1) is 0 Å². The van der Waals surface area contributed by atoms with Gasteiger partial charge in [0.15, 0.2) is 0 Å². The quantitative estimate of drug-likeness (QED) is 0.861. The van der Waals surface area contributed by atoms with E-state index in [1.165, 1.54) is 12.8 Å². The van der Waals surface area contributed by atoms with Gasteiger partial charge in [0.2, 0.25) is 0 Å². The predicted octanol–water partition coefficient (Wildman–Crippen LogP) is 3.24. The summed E-state index contributed by atoms with van der Waals surface area (Å²) in [7, 11) is 0. The van der Waals surface area contributed by atoms with Crippen LogP contribution in [0.4, 0.5) is 4.39 Å². The molecule has 2 heterocycles. The van der Waals surface area contributed by atoms with Crippen LogP contribution in [0.15, 0.2) is 36.7 Å². The van der Waals surface area contributed by atoms with E-state index < -0.39 is 0 Å². The highest BCUT2D eigenvalue weighted by Crippen LogP contribution is 2.21. The Morgan fingerprint density at radius 3 is 2.67 bits per heavy atom. The summed E-state index contributed by atoms with van der Waals surface area (Å²) in [5.74, 6) is 1.70. The molecule has 3 nitrogen and oxygen atoms in total. The van der Waals surface area contributed by atoms with Crippen molar-refractivity contribution in [1.82, 2.24) is 14.5 Å². The molecule has 1 aliphatic heterocycles. The summed E-state index contributed by atoms with van der Waals surface area (Å²) >= 11 is 0. The molecule has 0 saturated carbocycles. The van der Waals surface area contributed by atoms with Crippen molar-refractivity contribution in [2.24, 2.45) is 5.92 Å². The second-order valence-electron chi connectivity index (χ2n) is 5.94. The Balaban J connectivity index is 1.51. The van der Waals surface area contributed by atoms with Crippen LogP contribution in [-0.2, 0) is 13.1 Å². The lowest BCUT2D eigenvalue weighted by atomic mass is 9.96. The molecule has 1 fully saturated rings. The molecule has 0 spiro atoms. The number of aromatic nitrogens is 2. The van der Waals surface area contributed by atoms with Crippen molar-refractivity contribution in [3.63, 3.8) is 0 Å². The van der Waals surface area contributed by atoms with Gasteiger partial charge in [-0.25, -0.2) is 9.37 Å². The number of benzene rings is 1. The molecule has 0 radical (unpaired) electrons. The van der Waals surface area contributed by atoms with Gasteiger partial charge >= 0.3 is 0 Å². The Bertz CT molecular complexity index is 585. The molecule has 4 heteroatoms. The van der Waals surface area contributed by atoms with Gasteiger partial charge in [-0.2, -0.15) is 0 Å². The van der Waals surface area contributed by atoms with Gasteiger partial charge in [-0.3, -0.25) is 4.90 Å². The Hall–Kier alpha value is -1.68. The Kier molecular flexibility index (Phi) is 4.34. The average Bonchev–Trinajstić information content (AvgIpc) is 2.89. The highest BCUT2D eigenvalue weighted by molar-refractivity contribution is 5.17. The number of imidazole rings is 1. The normalized spacial score (nSPS) is 17.2.